The molecule has 1 amide bonds. The zero-order chi connectivity index (χ0) is 27.6. The molecule has 40 heavy (non-hydrogen) atoms. The Bertz CT molecular complexity index is 1620. The van der Waals surface area contributed by atoms with Crippen molar-refractivity contribution in [1.82, 2.24) is 4.90 Å². The van der Waals surface area contributed by atoms with Crippen LogP contribution in [0, 0.1) is 0 Å². The number of Topliss-reactive ketones (excluding diaryl/α,β-unsaturated/α-hetero) is 1. The van der Waals surface area contributed by atoms with E-state index in [9.17, 15) is 14.4 Å². The molecule has 0 unspecified atom stereocenters. The van der Waals surface area contributed by atoms with Crippen LogP contribution in [0.3, 0.4) is 0 Å². The first-order valence-electron chi connectivity index (χ1n) is 13.1. The van der Waals surface area contributed by atoms with Crippen molar-refractivity contribution in [2.75, 3.05) is 13.2 Å². The van der Waals surface area contributed by atoms with Gasteiger partial charge in [0.1, 0.15) is 25.0 Å². The van der Waals surface area contributed by atoms with Gasteiger partial charge in [0.05, 0.1) is 0 Å². The molecule has 6 rings (SSSR count). The maximum atomic E-state index is 12.9. The summed E-state index contributed by atoms with van der Waals surface area (Å²) in [5.41, 5.74) is 4.55. The van der Waals surface area contributed by atoms with E-state index in [1.807, 2.05) is 54.6 Å². The van der Waals surface area contributed by atoms with E-state index in [0.29, 0.717) is 31.6 Å². The molecule has 2 heterocycles. The molecule has 0 aromatic heterocycles. The summed E-state index contributed by atoms with van der Waals surface area (Å²) in [6, 6.07) is 24.1. The molecule has 0 spiro atoms. The number of benzene rings is 4. The van der Waals surface area contributed by atoms with Crippen LogP contribution in [0.4, 0.5) is 4.79 Å². The van der Waals surface area contributed by atoms with Gasteiger partial charge in [0.15, 0.2) is 12.4 Å². The largest absolute Gasteiger partial charge is 0.488 e. The topological polar surface area (TPSA) is 82.1 Å². The molecule has 1 fully saturated rings. The highest BCUT2D eigenvalue weighted by Gasteiger charge is 2.36. The first-order valence-corrected chi connectivity index (χ1v) is 13.9. The first kappa shape index (κ1) is 26.1. The van der Waals surface area contributed by atoms with E-state index < -0.39 is 24.7 Å². The van der Waals surface area contributed by atoms with Gasteiger partial charge in [0.25, 0.3) is 0 Å². The standard InChI is InChI=1S/C32H26BrNO6/c33-24-10-13-25-23(16-24)18-38-30-26-11-9-22(15-21(26)8-12-27(25)30)29(35)19-39-31(36)28-7-4-14-34(28)32(37)40-17-20-5-2-1-3-6-20/h1-3,5-6,8-13,15-16,28H,4,7,14,17-19H2/t28-/m0/s1. The number of fused-ring (bicyclic) bond motifs is 5. The summed E-state index contributed by atoms with van der Waals surface area (Å²) in [6.45, 7) is 0.587. The number of carbonyl (C=O) groups excluding carboxylic acids is 3. The Morgan fingerprint density at radius 2 is 1.75 bits per heavy atom. The van der Waals surface area contributed by atoms with Gasteiger partial charge in [-0.1, -0.05) is 70.5 Å². The van der Waals surface area contributed by atoms with Gasteiger partial charge in [0.2, 0.25) is 0 Å². The molecule has 0 aliphatic carbocycles. The van der Waals surface area contributed by atoms with Crippen molar-refractivity contribution in [3.63, 3.8) is 0 Å². The molecule has 2 aliphatic rings. The fraction of sp³-hybridized carbons (Fsp3) is 0.219. The van der Waals surface area contributed by atoms with Crippen molar-refractivity contribution in [1.29, 1.82) is 0 Å². The summed E-state index contributed by atoms with van der Waals surface area (Å²) in [5, 5.41) is 1.77. The number of esters is 1. The van der Waals surface area contributed by atoms with Crippen LogP contribution in [0.1, 0.15) is 34.3 Å². The van der Waals surface area contributed by atoms with E-state index in [4.69, 9.17) is 14.2 Å². The number of ketones is 1. The molecule has 4 aromatic carbocycles. The number of rotatable bonds is 6. The second-order valence-electron chi connectivity index (χ2n) is 9.89. The minimum Gasteiger partial charge on any atom is -0.488 e. The molecule has 0 N–H and O–H groups in total. The van der Waals surface area contributed by atoms with E-state index in [1.54, 1.807) is 12.1 Å². The number of halogens is 1. The second kappa shape index (κ2) is 11.1. The first-order chi connectivity index (χ1) is 19.5. The van der Waals surface area contributed by atoms with E-state index >= 15 is 0 Å². The third-order valence-corrected chi connectivity index (χ3v) is 7.83. The van der Waals surface area contributed by atoms with Crippen LogP contribution in [0.2, 0.25) is 0 Å². The highest BCUT2D eigenvalue weighted by atomic mass is 79.9. The molecule has 8 heteroatoms. The van der Waals surface area contributed by atoms with Crippen molar-refractivity contribution in [2.45, 2.75) is 32.1 Å². The lowest BCUT2D eigenvalue weighted by molar-refractivity contribution is -0.147. The van der Waals surface area contributed by atoms with Crippen molar-refractivity contribution < 1.29 is 28.6 Å². The number of hydrogen-bond acceptors (Lipinski definition) is 6. The normalized spacial score (nSPS) is 15.6. The Balaban J connectivity index is 1.10. The lowest BCUT2D eigenvalue weighted by Crippen LogP contribution is -2.42. The predicted molar refractivity (Wildman–Crippen MR) is 153 cm³/mol. The number of likely N-dealkylation sites (tertiary alicyclic amines) is 1. The molecule has 1 saturated heterocycles. The van der Waals surface area contributed by atoms with Crippen LogP contribution < -0.4 is 4.74 Å². The number of ether oxygens (including phenoxy) is 3. The summed E-state index contributed by atoms with van der Waals surface area (Å²) in [4.78, 5) is 39.8. The van der Waals surface area contributed by atoms with Crippen molar-refractivity contribution in [3.05, 3.63) is 100 Å². The van der Waals surface area contributed by atoms with Crippen LogP contribution in [0.5, 0.6) is 5.75 Å². The zero-order valence-electron chi connectivity index (χ0n) is 21.6. The van der Waals surface area contributed by atoms with Crippen LogP contribution in [0.25, 0.3) is 21.9 Å². The fourth-order valence-electron chi connectivity index (χ4n) is 5.29. The lowest BCUT2D eigenvalue weighted by atomic mass is 9.93. The number of hydrogen-bond donors (Lipinski definition) is 0. The Kier molecular flexibility index (Phi) is 7.26. The molecule has 7 nitrogen and oxygen atoms in total. The zero-order valence-corrected chi connectivity index (χ0v) is 23.2. The molecule has 202 valence electrons. The smallest absolute Gasteiger partial charge is 0.410 e. The Morgan fingerprint density at radius 1 is 0.925 bits per heavy atom. The van der Waals surface area contributed by atoms with Gasteiger partial charge in [-0.15, -0.1) is 0 Å². The summed E-state index contributed by atoms with van der Waals surface area (Å²) in [6.07, 6.45) is 0.562. The van der Waals surface area contributed by atoms with Crippen LogP contribution >= 0.6 is 15.9 Å². The predicted octanol–water partition coefficient (Wildman–Crippen LogP) is 6.69. The fourth-order valence-corrected chi connectivity index (χ4v) is 5.69. The van der Waals surface area contributed by atoms with Gasteiger partial charge in [-0.3, -0.25) is 9.69 Å². The quantitative estimate of drug-likeness (QED) is 0.181. The van der Waals surface area contributed by atoms with Crippen LogP contribution in [-0.2, 0) is 27.5 Å². The second-order valence-corrected chi connectivity index (χ2v) is 10.8. The van der Waals surface area contributed by atoms with Gasteiger partial charge >= 0.3 is 12.1 Å². The Morgan fingerprint density at radius 3 is 2.60 bits per heavy atom. The average molecular weight is 600 g/mol. The molecule has 1 atom stereocenters. The number of carbonyl (C=O) groups is 3. The minimum atomic E-state index is -0.764. The van der Waals surface area contributed by atoms with Gasteiger partial charge in [-0.2, -0.15) is 0 Å². The summed E-state index contributed by atoms with van der Waals surface area (Å²) in [5.74, 6) is -0.130. The third kappa shape index (κ3) is 5.19. The van der Waals surface area contributed by atoms with Gasteiger partial charge in [-0.05, 0) is 59.2 Å². The number of nitrogens with zero attached hydrogens (tertiary/aromatic N) is 1. The summed E-state index contributed by atoms with van der Waals surface area (Å²) >= 11 is 3.51. The molecule has 2 aliphatic heterocycles. The van der Waals surface area contributed by atoms with Gasteiger partial charge in [0, 0.05) is 27.5 Å². The summed E-state index contributed by atoms with van der Waals surface area (Å²) in [7, 11) is 0. The summed E-state index contributed by atoms with van der Waals surface area (Å²) < 4.78 is 17.9. The lowest BCUT2D eigenvalue weighted by Gasteiger charge is -2.23. The van der Waals surface area contributed by atoms with Crippen molar-refractivity contribution in [2.24, 2.45) is 0 Å². The van der Waals surface area contributed by atoms with E-state index in [1.165, 1.54) is 4.90 Å². The SMILES string of the molecule is O=C(COC(=O)[C@@H]1CCCN1C(=O)OCc1ccccc1)c1ccc2c3c(ccc2c1)-c1ccc(Br)cc1CO3. The van der Waals surface area contributed by atoms with E-state index in [0.717, 1.165) is 43.2 Å². The van der Waals surface area contributed by atoms with Gasteiger partial charge in [-0.25, -0.2) is 9.59 Å². The molecular weight excluding hydrogens is 574 g/mol. The molecule has 0 bridgehead atoms. The number of amides is 1. The maximum absolute atomic E-state index is 12.9. The molecule has 0 saturated carbocycles. The molecule has 4 aromatic rings. The Hall–Kier alpha value is -4.17. The minimum absolute atomic E-state index is 0.122. The molecular formula is C32H26BrNO6. The van der Waals surface area contributed by atoms with Crippen LogP contribution in [0.15, 0.2) is 83.3 Å². The monoisotopic (exact) mass is 599 g/mol. The van der Waals surface area contributed by atoms with E-state index in [-0.39, 0.29) is 12.4 Å². The van der Waals surface area contributed by atoms with E-state index in [2.05, 4.69) is 28.1 Å². The highest BCUT2D eigenvalue weighted by molar-refractivity contribution is 9.10. The maximum Gasteiger partial charge on any atom is 0.410 e. The van der Waals surface area contributed by atoms with Crippen molar-refractivity contribution in [3.8, 4) is 16.9 Å². The van der Waals surface area contributed by atoms with Crippen molar-refractivity contribution >= 4 is 44.5 Å². The average Bonchev–Trinajstić information content (AvgIpc) is 3.48. The van der Waals surface area contributed by atoms with Gasteiger partial charge < -0.3 is 14.2 Å². The third-order valence-electron chi connectivity index (χ3n) is 7.33. The highest BCUT2D eigenvalue weighted by Crippen LogP contribution is 2.43. The molecule has 0 radical (unpaired) electrons. The Labute approximate surface area is 239 Å². The van der Waals surface area contributed by atoms with Crippen LogP contribution in [-0.4, -0.2) is 41.9 Å².